The first-order chi connectivity index (χ1) is 20.9. The zero-order valence-corrected chi connectivity index (χ0v) is 24.8. The Morgan fingerprint density at radius 3 is 2.49 bits per heavy atom. The summed E-state index contributed by atoms with van der Waals surface area (Å²) in [6.07, 6.45) is 0.553. The fourth-order valence-corrected chi connectivity index (χ4v) is 6.25. The van der Waals surface area contributed by atoms with Gasteiger partial charge in [0, 0.05) is 23.6 Å². The van der Waals surface area contributed by atoms with Crippen molar-refractivity contribution >= 4 is 68.5 Å². The van der Waals surface area contributed by atoms with Crippen LogP contribution in [0.2, 0.25) is 5.02 Å². The van der Waals surface area contributed by atoms with Crippen molar-refractivity contribution in [1.82, 2.24) is 5.01 Å². The molecule has 0 bridgehead atoms. The van der Waals surface area contributed by atoms with Gasteiger partial charge in [0.25, 0.3) is 5.91 Å². The second-order valence-corrected chi connectivity index (χ2v) is 11.7. The number of hydrazone groups is 1. The van der Waals surface area contributed by atoms with Gasteiger partial charge in [-0.2, -0.15) is 10.1 Å². The molecule has 0 saturated heterocycles. The van der Waals surface area contributed by atoms with Crippen molar-refractivity contribution < 1.29 is 19.1 Å². The molecule has 2 unspecified atom stereocenters. The number of hydrogen-bond donors (Lipinski definition) is 1. The predicted octanol–water partition coefficient (Wildman–Crippen LogP) is 6.85. The van der Waals surface area contributed by atoms with E-state index in [1.807, 2.05) is 36.4 Å². The van der Waals surface area contributed by atoms with E-state index in [0.717, 1.165) is 27.6 Å². The van der Waals surface area contributed by atoms with Crippen molar-refractivity contribution in [2.75, 3.05) is 11.9 Å². The van der Waals surface area contributed by atoms with E-state index in [2.05, 4.69) is 40.6 Å². The molecule has 2 atom stereocenters. The van der Waals surface area contributed by atoms with Gasteiger partial charge in [-0.15, -0.1) is 0 Å². The normalized spacial score (nSPS) is 18.0. The number of anilines is 1. The monoisotopic (exact) mass is 610 g/mol. The summed E-state index contributed by atoms with van der Waals surface area (Å²) in [5, 5.41) is 12.2. The zero-order chi connectivity index (χ0) is 29.9. The Hall–Kier alpha value is -4.47. The SMILES string of the molecule is CCOC(=O)c1ccc(NC(=O)CC2SC(N3N=C(c4ccc5ccccc5c4)CC3c3ccc(Cl)cc3)=NC2=O)cc1. The number of carbonyl (C=O) groups excluding carboxylic acids is 3. The molecular formula is C33H27ClN4O4S. The summed E-state index contributed by atoms with van der Waals surface area (Å²) in [6.45, 7) is 2.02. The highest BCUT2D eigenvalue weighted by Crippen LogP contribution is 2.39. The summed E-state index contributed by atoms with van der Waals surface area (Å²) >= 11 is 7.41. The zero-order valence-electron chi connectivity index (χ0n) is 23.2. The lowest BCUT2D eigenvalue weighted by atomic mass is 9.97. The lowest BCUT2D eigenvalue weighted by Crippen LogP contribution is -2.25. The maximum absolute atomic E-state index is 13.0. The van der Waals surface area contributed by atoms with Crippen molar-refractivity contribution in [3.8, 4) is 0 Å². The number of halogens is 1. The molecular weight excluding hydrogens is 584 g/mol. The van der Waals surface area contributed by atoms with E-state index in [9.17, 15) is 14.4 Å². The number of aliphatic imine (C=N–C) groups is 1. The number of carbonyl (C=O) groups is 3. The number of benzene rings is 4. The number of amides is 2. The fraction of sp³-hybridized carbons (Fsp3) is 0.182. The van der Waals surface area contributed by atoms with Crippen LogP contribution in [-0.4, -0.2) is 45.5 Å². The topological polar surface area (TPSA) is 100 Å². The Balaban J connectivity index is 1.18. The largest absolute Gasteiger partial charge is 0.462 e. The lowest BCUT2D eigenvalue weighted by Gasteiger charge is -2.23. The number of nitrogens with one attached hydrogen (secondary N) is 1. The van der Waals surface area contributed by atoms with Crippen LogP contribution in [0.5, 0.6) is 0 Å². The van der Waals surface area contributed by atoms with Gasteiger partial charge in [0.15, 0.2) is 5.17 Å². The lowest BCUT2D eigenvalue weighted by molar-refractivity contribution is -0.121. The minimum Gasteiger partial charge on any atom is -0.462 e. The summed E-state index contributed by atoms with van der Waals surface area (Å²) in [6, 6.07) is 28.2. The highest BCUT2D eigenvalue weighted by Gasteiger charge is 2.39. The molecule has 2 amide bonds. The maximum Gasteiger partial charge on any atom is 0.338 e. The maximum atomic E-state index is 13.0. The third-order valence-corrected chi connectivity index (χ3v) is 8.62. The highest BCUT2D eigenvalue weighted by atomic mass is 35.5. The standard InChI is InChI=1S/C33H27ClN4O4S/c1-2-42-32(41)22-11-15-26(16-12-22)35-30(39)19-29-31(40)36-33(43-29)38-28(21-9-13-25(34)14-10-21)18-27(37-38)24-8-7-20-5-3-4-6-23(20)17-24/h3-17,28-29H,2,18-19H2,1H3,(H,35,39). The number of amidine groups is 1. The van der Waals surface area contributed by atoms with Crippen LogP contribution < -0.4 is 5.32 Å². The van der Waals surface area contributed by atoms with Gasteiger partial charge in [-0.1, -0.05) is 71.9 Å². The molecule has 0 spiro atoms. The molecule has 4 aromatic carbocycles. The number of ether oxygens (including phenoxy) is 1. The first-order valence-electron chi connectivity index (χ1n) is 13.9. The average Bonchev–Trinajstić information content (AvgIpc) is 3.61. The molecule has 1 N–H and O–H groups in total. The predicted molar refractivity (Wildman–Crippen MR) is 171 cm³/mol. The highest BCUT2D eigenvalue weighted by molar-refractivity contribution is 8.15. The summed E-state index contributed by atoms with van der Waals surface area (Å²) < 4.78 is 4.99. The molecule has 216 valence electrons. The number of esters is 1. The van der Waals surface area contributed by atoms with Gasteiger partial charge in [0.1, 0.15) is 5.25 Å². The minimum absolute atomic E-state index is 0.0587. The van der Waals surface area contributed by atoms with Crippen molar-refractivity contribution in [1.29, 1.82) is 0 Å². The Bertz CT molecular complexity index is 1770. The Morgan fingerprint density at radius 2 is 1.74 bits per heavy atom. The Morgan fingerprint density at radius 1 is 1.00 bits per heavy atom. The fourth-order valence-electron chi connectivity index (χ4n) is 5.06. The average molecular weight is 611 g/mol. The number of fused-ring (bicyclic) bond motifs is 1. The summed E-state index contributed by atoms with van der Waals surface area (Å²) in [4.78, 5) is 42.0. The van der Waals surface area contributed by atoms with Gasteiger partial charge >= 0.3 is 5.97 Å². The third kappa shape index (κ3) is 6.33. The van der Waals surface area contributed by atoms with E-state index < -0.39 is 11.2 Å². The van der Waals surface area contributed by atoms with Gasteiger partial charge < -0.3 is 10.1 Å². The van der Waals surface area contributed by atoms with Crippen LogP contribution >= 0.6 is 23.4 Å². The molecule has 43 heavy (non-hydrogen) atoms. The van der Waals surface area contributed by atoms with Crippen LogP contribution in [-0.2, 0) is 14.3 Å². The summed E-state index contributed by atoms with van der Waals surface area (Å²) in [5.74, 6) is -1.14. The van der Waals surface area contributed by atoms with Crippen LogP contribution in [0.4, 0.5) is 5.69 Å². The molecule has 0 saturated carbocycles. The number of thioether (sulfide) groups is 1. The molecule has 2 aliphatic rings. The molecule has 0 aliphatic carbocycles. The number of rotatable bonds is 7. The van der Waals surface area contributed by atoms with E-state index in [-0.39, 0.29) is 30.9 Å². The van der Waals surface area contributed by atoms with Crippen LogP contribution in [0.3, 0.4) is 0 Å². The molecule has 2 aliphatic heterocycles. The van der Waals surface area contributed by atoms with Crippen LogP contribution in [0, 0.1) is 0 Å². The molecule has 0 radical (unpaired) electrons. The van der Waals surface area contributed by atoms with Crippen molar-refractivity contribution in [3.63, 3.8) is 0 Å². The van der Waals surface area contributed by atoms with Gasteiger partial charge in [-0.3, -0.25) is 9.59 Å². The third-order valence-electron chi connectivity index (χ3n) is 7.22. The summed E-state index contributed by atoms with van der Waals surface area (Å²) in [7, 11) is 0. The quantitative estimate of drug-likeness (QED) is 0.230. The van der Waals surface area contributed by atoms with Crippen molar-refractivity contribution in [3.05, 3.63) is 113 Å². The van der Waals surface area contributed by atoms with Gasteiger partial charge in [-0.05, 0) is 71.3 Å². The van der Waals surface area contributed by atoms with Crippen LogP contribution in [0.15, 0.2) is 101 Å². The van der Waals surface area contributed by atoms with Gasteiger partial charge in [-0.25, -0.2) is 9.80 Å². The van der Waals surface area contributed by atoms with Gasteiger partial charge in [0.05, 0.1) is 23.9 Å². The second-order valence-electron chi connectivity index (χ2n) is 10.1. The van der Waals surface area contributed by atoms with Crippen molar-refractivity contribution in [2.45, 2.75) is 31.1 Å². The van der Waals surface area contributed by atoms with E-state index >= 15 is 0 Å². The number of hydrogen-bond acceptors (Lipinski definition) is 7. The smallest absolute Gasteiger partial charge is 0.338 e. The van der Waals surface area contributed by atoms with Crippen LogP contribution in [0.25, 0.3) is 10.8 Å². The van der Waals surface area contributed by atoms with Gasteiger partial charge in [0.2, 0.25) is 5.91 Å². The van der Waals surface area contributed by atoms with E-state index in [0.29, 0.717) is 27.9 Å². The van der Waals surface area contributed by atoms with Crippen LogP contribution in [0.1, 0.15) is 47.3 Å². The molecule has 0 aromatic heterocycles. The molecule has 10 heteroatoms. The number of nitrogens with zero attached hydrogens (tertiary/aromatic N) is 3. The molecule has 6 rings (SSSR count). The van der Waals surface area contributed by atoms with Crippen molar-refractivity contribution in [2.24, 2.45) is 10.1 Å². The summed E-state index contributed by atoms with van der Waals surface area (Å²) in [5.41, 5.74) is 3.78. The Labute approximate surface area is 257 Å². The molecule has 8 nitrogen and oxygen atoms in total. The first kappa shape index (κ1) is 28.6. The minimum atomic E-state index is -0.681. The molecule has 4 aromatic rings. The molecule has 2 heterocycles. The first-order valence-corrected chi connectivity index (χ1v) is 15.1. The van der Waals surface area contributed by atoms with E-state index in [4.69, 9.17) is 21.4 Å². The second kappa shape index (κ2) is 12.4. The van der Waals surface area contributed by atoms with E-state index in [1.54, 1.807) is 36.2 Å². The molecule has 0 fully saturated rings. The van der Waals surface area contributed by atoms with E-state index in [1.165, 1.54) is 11.8 Å². The Kier molecular flexibility index (Phi) is 8.26.